The van der Waals surface area contributed by atoms with Crippen molar-refractivity contribution in [1.29, 1.82) is 0 Å². The van der Waals surface area contributed by atoms with Crippen molar-refractivity contribution in [2.45, 2.75) is 13.5 Å². The highest BCUT2D eigenvalue weighted by molar-refractivity contribution is 6.33. The molecule has 0 amide bonds. The van der Waals surface area contributed by atoms with Gasteiger partial charge in [0, 0.05) is 28.9 Å². The van der Waals surface area contributed by atoms with E-state index in [-0.39, 0.29) is 6.61 Å². The van der Waals surface area contributed by atoms with Gasteiger partial charge >= 0.3 is 0 Å². The molecule has 0 saturated carbocycles. The molecular weight excluding hydrogens is 290 g/mol. The Labute approximate surface area is 126 Å². The molecule has 0 radical (unpaired) electrons. The van der Waals surface area contributed by atoms with E-state index in [9.17, 15) is 0 Å². The van der Waals surface area contributed by atoms with E-state index in [1.54, 1.807) is 16.9 Å². The van der Waals surface area contributed by atoms with Gasteiger partial charge in [0.15, 0.2) is 5.65 Å². The summed E-state index contributed by atoms with van der Waals surface area (Å²) in [6, 6.07) is 3.69. The number of nitrogens with two attached hydrogens (primary N) is 1. The fourth-order valence-electron chi connectivity index (χ4n) is 2.29. The number of aromatic nitrogens is 4. The summed E-state index contributed by atoms with van der Waals surface area (Å²) in [5, 5.41) is 14.9. The Hall–Kier alpha value is -2.18. The third-order valence-corrected chi connectivity index (χ3v) is 3.57. The summed E-state index contributed by atoms with van der Waals surface area (Å²) in [5.74, 6) is 0.405. The molecule has 0 aliphatic heterocycles. The molecule has 0 saturated heterocycles. The van der Waals surface area contributed by atoms with Crippen LogP contribution < -0.4 is 5.73 Å². The highest BCUT2D eigenvalue weighted by Gasteiger charge is 2.12. The number of pyridine rings is 2. The lowest BCUT2D eigenvalue weighted by Gasteiger charge is -2.06. The van der Waals surface area contributed by atoms with Crippen LogP contribution in [0.2, 0.25) is 5.02 Å². The maximum absolute atomic E-state index is 9.06. The van der Waals surface area contributed by atoms with Crippen LogP contribution in [0.3, 0.4) is 0 Å². The van der Waals surface area contributed by atoms with Gasteiger partial charge in [0.05, 0.1) is 23.9 Å². The van der Waals surface area contributed by atoms with Gasteiger partial charge in [0.25, 0.3) is 0 Å². The van der Waals surface area contributed by atoms with Gasteiger partial charge < -0.3 is 10.8 Å². The molecule has 6 nitrogen and oxygen atoms in total. The number of nitrogen functional groups attached to an aromatic ring is 1. The quantitative estimate of drug-likeness (QED) is 0.772. The molecule has 3 aromatic rings. The summed E-state index contributed by atoms with van der Waals surface area (Å²) < 4.78 is 1.69. The van der Waals surface area contributed by atoms with Gasteiger partial charge in [-0.2, -0.15) is 5.10 Å². The number of aryl methyl sites for hydroxylation is 1. The van der Waals surface area contributed by atoms with E-state index >= 15 is 0 Å². The van der Waals surface area contributed by atoms with Crippen molar-refractivity contribution in [3.05, 3.63) is 35.2 Å². The monoisotopic (exact) mass is 303 g/mol. The second-order valence-corrected chi connectivity index (χ2v) is 5.12. The van der Waals surface area contributed by atoms with E-state index in [0.717, 1.165) is 27.9 Å². The molecular formula is C14H14ClN5O. The fraction of sp³-hybridized carbons (Fsp3) is 0.214. The van der Waals surface area contributed by atoms with Gasteiger partial charge in [-0.3, -0.25) is 0 Å². The lowest BCUT2D eigenvalue weighted by Crippen LogP contribution is -2.04. The first-order valence-corrected chi connectivity index (χ1v) is 6.83. The second-order valence-electron chi connectivity index (χ2n) is 4.72. The van der Waals surface area contributed by atoms with Crippen LogP contribution >= 0.6 is 11.6 Å². The van der Waals surface area contributed by atoms with Crippen LogP contribution in [0, 0.1) is 6.92 Å². The van der Waals surface area contributed by atoms with Crippen molar-refractivity contribution >= 4 is 28.5 Å². The zero-order chi connectivity index (χ0) is 15.0. The van der Waals surface area contributed by atoms with E-state index in [1.807, 2.05) is 13.0 Å². The number of halogens is 1. The van der Waals surface area contributed by atoms with E-state index in [1.165, 1.54) is 6.20 Å². The fourth-order valence-corrected chi connectivity index (χ4v) is 2.50. The largest absolute Gasteiger partial charge is 0.394 e. The SMILES string of the molecule is Cc1nn(CCO)c2ncc(-c3cc(N)ncc3Cl)cc12. The summed E-state index contributed by atoms with van der Waals surface area (Å²) >= 11 is 6.18. The average molecular weight is 304 g/mol. The zero-order valence-corrected chi connectivity index (χ0v) is 12.2. The normalized spacial score (nSPS) is 11.2. The number of nitrogens with zero attached hydrogens (tertiary/aromatic N) is 4. The molecule has 0 unspecified atom stereocenters. The zero-order valence-electron chi connectivity index (χ0n) is 11.4. The number of aliphatic hydroxyl groups is 1. The predicted molar refractivity (Wildman–Crippen MR) is 82.0 cm³/mol. The van der Waals surface area contributed by atoms with Crippen molar-refractivity contribution in [3.63, 3.8) is 0 Å². The molecule has 3 heterocycles. The predicted octanol–water partition coefficient (Wildman–Crippen LogP) is 2.03. The van der Waals surface area contributed by atoms with Crippen LogP contribution in [0.4, 0.5) is 5.82 Å². The van der Waals surface area contributed by atoms with Crippen LogP contribution in [0.5, 0.6) is 0 Å². The molecule has 0 aliphatic rings. The minimum absolute atomic E-state index is 0.0202. The third-order valence-electron chi connectivity index (χ3n) is 3.27. The van der Waals surface area contributed by atoms with Gasteiger partial charge in [0.2, 0.25) is 0 Å². The molecule has 21 heavy (non-hydrogen) atoms. The maximum Gasteiger partial charge on any atom is 0.158 e. The summed E-state index contributed by atoms with van der Waals surface area (Å²) in [4.78, 5) is 8.39. The topological polar surface area (TPSA) is 89.8 Å². The van der Waals surface area contributed by atoms with Crippen LogP contribution in [-0.4, -0.2) is 31.5 Å². The number of hydrogen-bond donors (Lipinski definition) is 2. The lowest BCUT2D eigenvalue weighted by molar-refractivity contribution is 0.271. The summed E-state index contributed by atoms with van der Waals surface area (Å²) in [6.07, 6.45) is 3.25. The molecule has 108 valence electrons. The first kappa shape index (κ1) is 13.8. The maximum atomic E-state index is 9.06. The van der Waals surface area contributed by atoms with Gasteiger partial charge in [-0.05, 0) is 19.1 Å². The van der Waals surface area contributed by atoms with Crippen LogP contribution in [0.25, 0.3) is 22.2 Å². The Morgan fingerprint density at radius 3 is 2.86 bits per heavy atom. The molecule has 7 heteroatoms. The van der Waals surface area contributed by atoms with Crippen LogP contribution in [0.15, 0.2) is 24.5 Å². The standard InChI is InChI=1S/C14H14ClN5O/c1-8-10-4-9(11-5-13(16)17-7-12(11)15)6-18-14(10)20(19-8)2-3-21/h4-7,21H,2-3H2,1H3,(H2,16,17). The molecule has 0 bridgehead atoms. The van der Waals surface area contributed by atoms with Crippen molar-refractivity contribution in [2.75, 3.05) is 12.3 Å². The summed E-state index contributed by atoms with van der Waals surface area (Å²) in [7, 11) is 0. The number of anilines is 1. The highest BCUT2D eigenvalue weighted by atomic mass is 35.5. The molecule has 0 fully saturated rings. The molecule has 0 aromatic carbocycles. The number of rotatable bonds is 3. The molecule has 0 spiro atoms. The van der Waals surface area contributed by atoms with E-state index in [2.05, 4.69) is 15.1 Å². The highest BCUT2D eigenvalue weighted by Crippen LogP contribution is 2.30. The molecule has 0 aliphatic carbocycles. The Morgan fingerprint density at radius 1 is 1.29 bits per heavy atom. The first-order chi connectivity index (χ1) is 10.1. The summed E-state index contributed by atoms with van der Waals surface area (Å²) in [6.45, 7) is 2.34. The molecule has 3 aromatic heterocycles. The van der Waals surface area contributed by atoms with E-state index < -0.39 is 0 Å². The van der Waals surface area contributed by atoms with Crippen molar-refractivity contribution < 1.29 is 5.11 Å². The van der Waals surface area contributed by atoms with E-state index in [4.69, 9.17) is 22.4 Å². The molecule has 3 rings (SSSR count). The second kappa shape index (κ2) is 5.31. The number of aliphatic hydroxyl groups excluding tert-OH is 1. The third kappa shape index (κ3) is 2.43. The van der Waals surface area contributed by atoms with Crippen LogP contribution in [-0.2, 0) is 6.54 Å². The molecule has 0 atom stereocenters. The van der Waals surface area contributed by atoms with Crippen molar-refractivity contribution in [1.82, 2.24) is 19.7 Å². The minimum Gasteiger partial charge on any atom is -0.394 e. The van der Waals surface area contributed by atoms with Crippen molar-refractivity contribution in [3.8, 4) is 11.1 Å². The Bertz CT molecular complexity index is 814. The van der Waals surface area contributed by atoms with Gasteiger partial charge in [-0.15, -0.1) is 0 Å². The Morgan fingerprint density at radius 2 is 2.10 bits per heavy atom. The van der Waals surface area contributed by atoms with Crippen molar-refractivity contribution in [2.24, 2.45) is 0 Å². The number of hydrogen-bond acceptors (Lipinski definition) is 5. The molecule has 3 N–H and O–H groups in total. The minimum atomic E-state index is 0.0202. The van der Waals surface area contributed by atoms with E-state index in [0.29, 0.717) is 17.4 Å². The lowest BCUT2D eigenvalue weighted by atomic mass is 10.1. The Kier molecular flexibility index (Phi) is 3.48. The summed E-state index contributed by atoms with van der Waals surface area (Å²) in [5.41, 5.74) is 8.95. The average Bonchev–Trinajstić information content (AvgIpc) is 2.78. The number of fused-ring (bicyclic) bond motifs is 1. The van der Waals surface area contributed by atoms with Gasteiger partial charge in [-0.1, -0.05) is 11.6 Å². The Balaban J connectivity index is 2.17. The van der Waals surface area contributed by atoms with Gasteiger partial charge in [-0.25, -0.2) is 14.6 Å². The smallest absolute Gasteiger partial charge is 0.158 e. The van der Waals surface area contributed by atoms with Gasteiger partial charge in [0.1, 0.15) is 5.82 Å². The first-order valence-electron chi connectivity index (χ1n) is 6.45. The van der Waals surface area contributed by atoms with Crippen LogP contribution in [0.1, 0.15) is 5.69 Å².